The van der Waals surface area contributed by atoms with Gasteiger partial charge < -0.3 is 56.1 Å². The van der Waals surface area contributed by atoms with Crippen molar-refractivity contribution in [3.8, 4) is 5.75 Å². The first-order chi connectivity index (χ1) is 33.9. The summed E-state index contributed by atoms with van der Waals surface area (Å²) in [7, 11) is -2.60. The first kappa shape index (κ1) is 58.4. The number of aromatic hydroxyl groups is 1. The predicted octanol–water partition coefficient (Wildman–Crippen LogP) is 0.0197. The molecule has 0 aliphatic carbocycles. The van der Waals surface area contributed by atoms with E-state index in [-0.39, 0.29) is 37.9 Å². The van der Waals surface area contributed by atoms with Gasteiger partial charge in [-0.2, -0.15) is 8.42 Å². The van der Waals surface area contributed by atoms with Crippen LogP contribution in [0.4, 0.5) is 0 Å². The van der Waals surface area contributed by atoms with E-state index in [1.165, 1.54) is 37.9 Å². The monoisotopic (exact) mass is 1030 g/mol. The summed E-state index contributed by atoms with van der Waals surface area (Å²) in [6.45, 7) is 8.48. The van der Waals surface area contributed by atoms with Crippen molar-refractivity contribution >= 4 is 57.7 Å². The summed E-state index contributed by atoms with van der Waals surface area (Å²) in [6, 6.07) is 4.51. The van der Waals surface area contributed by atoms with Gasteiger partial charge in [-0.05, 0) is 74.6 Å². The molecule has 2 aromatic carbocycles. The van der Waals surface area contributed by atoms with Gasteiger partial charge in [0.1, 0.15) is 67.0 Å². The highest BCUT2D eigenvalue weighted by Gasteiger charge is 2.47. The van der Waals surface area contributed by atoms with E-state index >= 15 is 0 Å². The first-order valence-electron chi connectivity index (χ1n) is 23.9. The van der Waals surface area contributed by atoms with Crippen LogP contribution in [0.3, 0.4) is 0 Å². The van der Waals surface area contributed by atoms with Gasteiger partial charge in [0.15, 0.2) is 6.10 Å². The van der Waals surface area contributed by atoms with Crippen LogP contribution in [-0.4, -0.2) is 162 Å². The molecule has 12 atom stereocenters. The minimum atomic E-state index is -5.02. The molecule has 398 valence electrons. The Bertz CT molecular complexity index is 2340. The number of likely N-dealkylation sites (N-methyl/N-ethyl adjacent to an activating group) is 1. The van der Waals surface area contributed by atoms with E-state index < -0.39 is 137 Å². The van der Waals surface area contributed by atoms with Crippen molar-refractivity contribution < 1.29 is 75.2 Å². The number of nitrogens with one attached hydrogen (secondary N) is 5. The van der Waals surface area contributed by atoms with E-state index in [1.807, 2.05) is 0 Å². The Labute approximate surface area is 419 Å². The van der Waals surface area contributed by atoms with Crippen molar-refractivity contribution in [3.63, 3.8) is 0 Å². The number of aliphatic hydroxyl groups is 1. The summed E-state index contributed by atoms with van der Waals surface area (Å²) in [5, 5.41) is 34.0. The van der Waals surface area contributed by atoms with Crippen molar-refractivity contribution in [2.75, 3.05) is 20.8 Å². The molecule has 2 saturated heterocycles. The normalized spacial score (nSPS) is 25.8. The average molecular weight is 1030 g/mol. The summed E-state index contributed by atoms with van der Waals surface area (Å²) in [5.41, 5.74) is 1.23. The van der Waals surface area contributed by atoms with Crippen LogP contribution in [0.15, 0.2) is 54.6 Å². The third kappa shape index (κ3) is 15.9. The van der Waals surface area contributed by atoms with E-state index in [4.69, 9.17) is 14.0 Å². The molecule has 24 heteroatoms. The number of methoxy groups -OCH3 is 1. The van der Waals surface area contributed by atoms with Crippen LogP contribution in [0.5, 0.6) is 5.75 Å². The molecule has 2 fully saturated rings. The molecule has 2 aliphatic heterocycles. The Morgan fingerprint density at radius 1 is 0.847 bits per heavy atom. The maximum Gasteiger partial charge on any atom is 0.397 e. The quantitative estimate of drug-likeness (QED) is 0.0765. The number of esters is 1. The van der Waals surface area contributed by atoms with Gasteiger partial charge in [-0.25, -0.2) is 8.98 Å². The second-order valence-corrected chi connectivity index (χ2v) is 19.4. The van der Waals surface area contributed by atoms with Crippen molar-refractivity contribution in [1.82, 2.24) is 36.4 Å². The van der Waals surface area contributed by atoms with Gasteiger partial charge in [0, 0.05) is 20.6 Å². The Kier molecular flexibility index (Phi) is 21.5. The maximum absolute atomic E-state index is 14.8. The molecule has 0 aromatic heterocycles. The second-order valence-electron chi connectivity index (χ2n) is 18.3. The lowest BCUT2D eigenvalue weighted by molar-refractivity contribution is -0.168. The van der Waals surface area contributed by atoms with E-state index in [2.05, 4.69) is 30.8 Å². The molecule has 0 radical (unpaired) electrons. The van der Waals surface area contributed by atoms with Gasteiger partial charge in [0.25, 0.3) is 5.91 Å². The van der Waals surface area contributed by atoms with Crippen LogP contribution in [0.25, 0.3) is 0 Å². The van der Waals surface area contributed by atoms with Crippen molar-refractivity contribution in [2.45, 2.75) is 147 Å². The second kappa shape index (κ2) is 26.5. The standard InChI is InChI=1S/C48H69N7O16S/c1-9-26(3)38-48(65)71-29(6)39(53-42(59)33(21-18-30-16-19-32(56)20-17-30)50-44(61)36(69-8)25-70-72(66,67)68)45(62)49-28(5)41(58)51-34-22-23-37(57)55(46(34)63)40(27(4)10-2)47(64)54(7)35(43(60)52-38)24-31-14-12-11-13-15-31/h11-17,19-20,26-29,33-40,56-57H,9-10,18,21-25H2,1-8H3,(H,49,62)(H,50,61)(H,51,58)(H,52,60)(H,53,59)(H,66,67,68). The Morgan fingerprint density at radius 3 is 2.08 bits per heavy atom. The average Bonchev–Trinajstić information content (AvgIpc) is 3.34. The van der Waals surface area contributed by atoms with Gasteiger partial charge >= 0.3 is 16.4 Å². The number of rotatable bonds is 17. The molecule has 0 spiro atoms. The SMILES string of the molecule is CCC(C)C1NC(=O)C(Cc2ccccc2)N(C)C(=O)C(C(C)CC)N2C(=O)C(CCC2O)NC(=O)C(C)NC(=O)C(NC(=O)C(CCc2ccc(O)cc2)NC(=O)C(COS(=O)(=O)O)OC)C(C)OC1=O. The fourth-order valence-electron chi connectivity index (χ4n) is 8.29. The molecular weight excluding hydrogens is 963 g/mol. The first-order valence-corrected chi connectivity index (χ1v) is 25.2. The summed E-state index contributed by atoms with van der Waals surface area (Å²) in [5.74, 6) is -8.61. The molecular formula is C48H69N7O16S. The van der Waals surface area contributed by atoms with Crippen LogP contribution in [0.2, 0.25) is 0 Å². The van der Waals surface area contributed by atoms with E-state index in [1.54, 1.807) is 70.2 Å². The smallest absolute Gasteiger partial charge is 0.397 e. The Morgan fingerprint density at radius 2 is 1.49 bits per heavy atom. The van der Waals surface area contributed by atoms with Gasteiger partial charge in [-0.15, -0.1) is 0 Å². The highest BCUT2D eigenvalue weighted by Crippen LogP contribution is 2.28. The highest BCUT2D eigenvalue weighted by molar-refractivity contribution is 7.80. The lowest BCUT2D eigenvalue weighted by atomic mass is 9.91. The Balaban J connectivity index is 1.81. The molecule has 0 saturated carbocycles. The molecule has 4 rings (SSSR count). The molecule has 12 unspecified atom stereocenters. The van der Waals surface area contributed by atoms with Crippen LogP contribution in [-0.2, 0) is 75.3 Å². The number of phenolic OH excluding ortho intramolecular Hbond substituents is 1. The lowest BCUT2D eigenvalue weighted by Gasteiger charge is -2.44. The van der Waals surface area contributed by atoms with Crippen molar-refractivity contribution in [1.29, 1.82) is 0 Å². The largest absolute Gasteiger partial charge is 0.508 e. The summed E-state index contributed by atoms with van der Waals surface area (Å²) < 4.78 is 47.0. The third-order valence-corrected chi connectivity index (χ3v) is 13.6. The molecule has 8 N–H and O–H groups in total. The number of phenols is 1. The number of hydrogen-bond donors (Lipinski definition) is 8. The van der Waals surface area contributed by atoms with E-state index in [0.29, 0.717) is 24.0 Å². The van der Waals surface area contributed by atoms with Crippen molar-refractivity contribution in [2.24, 2.45) is 11.8 Å². The number of carbonyl (C=O) groups excluding carboxylic acids is 8. The molecule has 2 aliphatic rings. The number of hydrogen-bond acceptors (Lipinski definition) is 15. The molecule has 2 bridgehead atoms. The van der Waals surface area contributed by atoms with Gasteiger partial charge in [-0.3, -0.25) is 38.1 Å². The number of benzene rings is 2. The molecule has 2 heterocycles. The number of nitrogens with zero attached hydrogens (tertiary/aromatic N) is 2. The maximum atomic E-state index is 14.8. The van der Waals surface area contributed by atoms with Crippen molar-refractivity contribution in [3.05, 3.63) is 65.7 Å². The zero-order chi connectivity index (χ0) is 53.6. The summed E-state index contributed by atoms with van der Waals surface area (Å²) in [6.07, 6.45) is -4.33. The van der Waals surface area contributed by atoms with Crippen LogP contribution >= 0.6 is 0 Å². The van der Waals surface area contributed by atoms with Gasteiger partial charge in [0.2, 0.25) is 35.4 Å². The van der Waals surface area contributed by atoms with E-state index in [0.717, 1.165) is 12.0 Å². The predicted molar refractivity (Wildman–Crippen MR) is 257 cm³/mol. The number of aryl methyl sites for hydroxylation is 1. The lowest BCUT2D eigenvalue weighted by Crippen LogP contribution is -2.66. The molecule has 2 aromatic rings. The minimum absolute atomic E-state index is 0.0481. The third-order valence-electron chi connectivity index (χ3n) is 13.1. The zero-order valence-corrected chi connectivity index (χ0v) is 42.5. The topological polar surface area (TPSA) is 326 Å². The number of aliphatic hydroxyl groups excluding tert-OH is 1. The Hall–Kier alpha value is -6.21. The fraction of sp³-hybridized carbons (Fsp3) is 0.583. The van der Waals surface area contributed by atoms with Gasteiger partial charge in [-0.1, -0.05) is 83.0 Å². The highest BCUT2D eigenvalue weighted by atomic mass is 32.3. The number of ether oxygens (including phenoxy) is 2. The number of carbonyl (C=O) groups is 8. The van der Waals surface area contributed by atoms with Gasteiger partial charge in [0.05, 0.1) is 0 Å². The fourth-order valence-corrected chi connectivity index (χ4v) is 8.59. The molecule has 7 amide bonds. The number of amides is 7. The van der Waals surface area contributed by atoms with Crippen LogP contribution < -0.4 is 26.6 Å². The minimum Gasteiger partial charge on any atom is -0.508 e. The molecule has 23 nitrogen and oxygen atoms in total. The number of piperidine rings is 1. The molecule has 72 heavy (non-hydrogen) atoms. The van der Waals surface area contributed by atoms with Crippen LogP contribution in [0.1, 0.15) is 84.8 Å². The summed E-state index contributed by atoms with van der Waals surface area (Å²) >= 11 is 0. The zero-order valence-electron chi connectivity index (χ0n) is 41.7. The summed E-state index contributed by atoms with van der Waals surface area (Å²) in [4.78, 5) is 117. The van der Waals surface area contributed by atoms with E-state index in [9.17, 15) is 57.0 Å². The number of fused-ring (bicyclic) bond motifs is 2. The number of cyclic esters (lactones) is 1. The van der Waals surface area contributed by atoms with Crippen LogP contribution in [0, 0.1) is 11.8 Å².